The predicted octanol–water partition coefficient (Wildman–Crippen LogP) is 7.85. The number of aromatic hydroxyl groups is 5. The first kappa shape index (κ1) is 25.7. The Bertz CT molecular complexity index is 2460. The first-order chi connectivity index (χ1) is 21.3. The highest BCUT2D eigenvalue weighted by atomic mass is 35.5. The molecule has 0 aliphatic heterocycles. The number of phenols is 5. The zero-order valence-corrected chi connectivity index (χ0v) is 23.0. The van der Waals surface area contributed by atoms with Gasteiger partial charge in [0.15, 0.2) is 29.0 Å². The van der Waals surface area contributed by atoms with Gasteiger partial charge in [-0.2, -0.15) is 0 Å². The molecule has 0 radical (unpaired) electrons. The van der Waals surface area contributed by atoms with Gasteiger partial charge in [0.2, 0.25) is 17.2 Å². The second-order valence-electron chi connectivity index (χ2n) is 10.2. The Morgan fingerprint density at radius 2 is 1.11 bits per heavy atom. The van der Waals surface area contributed by atoms with Gasteiger partial charge in [-0.25, -0.2) is 15.0 Å². The van der Waals surface area contributed by atoms with E-state index in [9.17, 15) is 25.5 Å². The molecule has 0 atom stereocenters. The minimum atomic E-state index is -1.09. The van der Waals surface area contributed by atoms with E-state index in [0.29, 0.717) is 38.5 Å². The van der Waals surface area contributed by atoms with Gasteiger partial charge >= 0.3 is 0 Å². The third-order valence-corrected chi connectivity index (χ3v) is 7.80. The molecule has 0 spiro atoms. The summed E-state index contributed by atoms with van der Waals surface area (Å²) in [4.78, 5) is 13.8. The summed E-state index contributed by atoms with van der Waals surface area (Å²) in [5.41, 5.74) is 2.93. The predicted molar refractivity (Wildman–Crippen MR) is 164 cm³/mol. The zero-order valence-electron chi connectivity index (χ0n) is 22.3. The molecule has 0 aliphatic carbocycles. The van der Waals surface area contributed by atoms with Gasteiger partial charge in [0.1, 0.15) is 27.9 Å². The maximum atomic E-state index is 10.8. The molecule has 8 rings (SSSR count). The van der Waals surface area contributed by atoms with Crippen molar-refractivity contribution in [3.05, 3.63) is 83.9 Å². The van der Waals surface area contributed by atoms with Crippen molar-refractivity contribution in [1.29, 1.82) is 0 Å². The minimum absolute atomic E-state index is 0.126. The molecule has 11 heteroatoms. The van der Waals surface area contributed by atoms with E-state index in [1.54, 1.807) is 36.4 Å². The van der Waals surface area contributed by atoms with E-state index in [4.69, 9.17) is 25.4 Å². The van der Waals surface area contributed by atoms with Crippen LogP contribution in [0, 0.1) is 0 Å². The van der Waals surface area contributed by atoms with Crippen LogP contribution in [0.4, 0.5) is 0 Å². The van der Waals surface area contributed by atoms with Crippen LogP contribution in [0.3, 0.4) is 0 Å². The average Bonchev–Trinajstić information content (AvgIpc) is 3.60. The number of furan rings is 2. The number of halogens is 1. The summed E-state index contributed by atoms with van der Waals surface area (Å²) in [5.74, 6) is -5.08. The fourth-order valence-electron chi connectivity index (χ4n) is 5.49. The highest BCUT2D eigenvalue weighted by Crippen LogP contribution is 2.54. The number of aromatic nitrogens is 3. The molecule has 3 aromatic heterocycles. The van der Waals surface area contributed by atoms with E-state index in [1.165, 1.54) is 0 Å². The maximum absolute atomic E-state index is 10.8. The van der Waals surface area contributed by atoms with Gasteiger partial charge in [-0.15, -0.1) is 0 Å². The molecule has 8 aromatic rings. The van der Waals surface area contributed by atoms with Crippen molar-refractivity contribution in [3.8, 4) is 62.9 Å². The van der Waals surface area contributed by atoms with Crippen molar-refractivity contribution in [2.45, 2.75) is 0 Å². The molecule has 0 bridgehead atoms. The van der Waals surface area contributed by atoms with Crippen LogP contribution in [-0.4, -0.2) is 40.5 Å². The zero-order chi connectivity index (χ0) is 30.3. The number of rotatable bonds is 3. The lowest BCUT2D eigenvalue weighted by atomic mass is 10.0. The molecular formula is C33H18ClN3O7. The first-order valence-corrected chi connectivity index (χ1v) is 13.6. The maximum Gasteiger partial charge on any atom is 0.208 e. The first-order valence-electron chi connectivity index (χ1n) is 13.3. The second kappa shape index (κ2) is 9.25. The number of phenolic OH excluding ortho intramolecular Hbond substituents is 5. The summed E-state index contributed by atoms with van der Waals surface area (Å²) in [7, 11) is 0. The highest BCUT2D eigenvalue weighted by Gasteiger charge is 2.28. The summed E-state index contributed by atoms with van der Waals surface area (Å²) in [5, 5.41) is 55.9. The fraction of sp³-hybridized carbons (Fsp3) is 0. The standard InChI is InChI=1S/C33H18ClN3O7/c34-15-9-11-17-16-10-8-14(12-22(16)44-23(17)13-15)31-35-32(19-5-3-7-21-24(19)18-4-1-2-6-20(18)43-21)37-33(36-31)25-26(38)28(40)30(42)29(41)27(25)39/h1-13,38-42H. The van der Waals surface area contributed by atoms with Crippen molar-refractivity contribution in [2.75, 3.05) is 0 Å². The van der Waals surface area contributed by atoms with Gasteiger partial charge in [-0.3, -0.25) is 0 Å². The lowest BCUT2D eigenvalue weighted by Gasteiger charge is -2.13. The van der Waals surface area contributed by atoms with Crippen LogP contribution in [0.25, 0.3) is 78.0 Å². The summed E-state index contributed by atoms with van der Waals surface area (Å²) < 4.78 is 12.1. The Balaban J connectivity index is 1.43. The topological polar surface area (TPSA) is 166 Å². The van der Waals surface area contributed by atoms with Crippen LogP contribution >= 0.6 is 11.6 Å². The minimum Gasteiger partial charge on any atom is -0.504 e. The Morgan fingerprint density at radius 1 is 0.500 bits per heavy atom. The molecule has 0 fully saturated rings. The number of para-hydroxylation sites is 1. The van der Waals surface area contributed by atoms with E-state index in [-0.39, 0.29) is 17.5 Å². The van der Waals surface area contributed by atoms with Crippen LogP contribution in [0.1, 0.15) is 0 Å². The van der Waals surface area contributed by atoms with E-state index in [1.807, 2.05) is 42.5 Å². The van der Waals surface area contributed by atoms with Crippen LogP contribution in [0.5, 0.6) is 28.7 Å². The van der Waals surface area contributed by atoms with Crippen LogP contribution in [0.2, 0.25) is 5.02 Å². The molecule has 3 heterocycles. The number of nitrogens with zero attached hydrogens (tertiary/aromatic N) is 3. The molecule has 0 saturated carbocycles. The quantitative estimate of drug-likeness (QED) is 0.0990. The normalized spacial score (nSPS) is 11.8. The van der Waals surface area contributed by atoms with Crippen LogP contribution in [0.15, 0.2) is 87.7 Å². The number of hydrogen-bond acceptors (Lipinski definition) is 10. The Hall–Kier alpha value is -6.00. The third-order valence-electron chi connectivity index (χ3n) is 7.57. The van der Waals surface area contributed by atoms with Crippen molar-refractivity contribution in [1.82, 2.24) is 15.0 Å². The van der Waals surface area contributed by atoms with E-state index in [2.05, 4.69) is 9.97 Å². The Labute approximate surface area is 251 Å². The summed E-state index contributed by atoms with van der Waals surface area (Å²) in [6.45, 7) is 0. The third kappa shape index (κ3) is 3.71. The van der Waals surface area contributed by atoms with E-state index >= 15 is 0 Å². The lowest BCUT2D eigenvalue weighted by Crippen LogP contribution is -2.01. The molecule has 0 amide bonds. The van der Waals surface area contributed by atoms with Crippen molar-refractivity contribution < 1.29 is 34.4 Å². The smallest absolute Gasteiger partial charge is 0.208 e. The van der Waals surface area contributed by atoms with Crippen molar-refractivity contribution in [3.63, 3.8) is 0 Å². The SMILES string of the molecule is Oc1c(O)c(O)c(-c2nc(-c3ccc4c(c3)oc3cc(Cl)ccc34)nc(-c3cccc4oc5ccccc5c34)n2)c(O)c1O. The molecule has 10 nitrogen and oxygen atoms in total. The summed E-state index contributed by atoms with van der Waals surface area (Å²) in [6.07, 6.45) is 0. The lowest BCUT2D eigenvalue weighted by molar-refractivity contribution is 0.329. The largest absolute Gasteiger partial charge is 0.504 e. The van der Waals surface area contributed by atoms with E-state index < -0.39 is 34.3 Å². The Morgan fingerprint density at radius 3 is 1.91 bits per heavy atom. The fourth-order valence-corrected chi connectivity index (χ4v) is 5.65. The van der Waals surface area contributed by atoms with Gasteiger partial charge < -0.3 is 34.4 Å². The molecule has 0 unspecified atom stereocenters. The number of fused-ring (bicyclic) bond motifs is 6. The van der Waals surface area contributed by atoms with Crippen molar-refractivity contribution >= 4 is 55.5 Å². The Kier molecular flexibility index (Phi) is 5.40. The second-order valence-corrected chi connectivity index (χ2v) is 10.6. The van der Waals surface area contributed by atoms with Crippen LogP contribution < -0.4 is 0 Å². The number of hydrogen-bond donors (Lipinski definition) is 5. The van der Waals surface area contributed by atoms with Gasteiger partial charge in [0, 0.05) is 43.8 Å². The molecule has 5 N–H and O–H groups in total. The molecular weight excluding hydrogens is 586 g/mol. The molecule has 5 aromatic carbocycles. The molecule has 44 heavy (non-hydrogen) atoms. The van der Waals surface area contributed by atoms with Gasteiger partial charge in [-0.05, 0) is 36.4 Å². The van der Waals surface area contributed by atoms with E-state index in [0.717, 1.165) is 21.5 Å². The van der Waals surface area contributed by atoms with Crippen molar-refractivity contribution in [2.24, 2.45) is 0 Å². The van der Waals surface area contributed by atoms with Gasteiger partial charge in [0.05, 0.1) is 0 Å². The number of benzene rings is 5. The highest BCUT2D eigenvalue weighted by molar-refractivity contribution is 6.31. The molecule has 214 valence electrons. The molecule has 0 saturated heterocycles. The molecule has 0 aliphatic rings. The van der Waals surface area contributed by atoms with Crippen LogP contribution in [-0.2, 0) is 0 Å². The summed E-state index contributed by atoms with van der Waals surface area (Å²) in [6, 6.07) is 23.6. The van der Waals surface area contributed by atoms with Gasteiger partial charge in [-0.1, -0.05) is 48.0 Å². The van der Waals surface area contributed by atoms with Gasteiger partial charge in [0.25, 0.3) is 0 Å². The monoisotopic (exact) mass is 603 g/mol. The average molecular weight is 604 g/mol. The summed E-state index contributed by atoms with van der Waals surface area (Å²) >= 11 is 6.17.